The average molecular weight is 442 g/mol. The maximum atomic E-state index is 12.0. The molecule has 8 heteroatoms. The largest absolute Gasteiger partial charge is 0.376 e. The molecule has 0 radical (unpaired) electrons. The Morgan fingerprint density at radius 1 is 1.14 bits per heavy atom. The second-order valence-electron chi connectivity index (χ2n) is 6.16. The molecule has 0 bridgehead atoms. The van der Waals surface area contributed by atoms with Gasteiger partial charge >= 0.3 is 0 Å². The van der Waals surface area contributed by atoms with Crippen LogP contribution in [0.2, 0.25) is 0 Å². The fourth-order valence-corrected chi connectivity index (χ4v) is 3.02. The molecule has 0 fully saturated rings. The first-order valence-corrected chi connectivity index (χ1v) is 9.50. The summed E-state index contributed by atoms with van der Waals surface area (Å²) in [5.74, 6) is -0.602. The predicted octanol–water partition coefficient (Wildman–Crippen LogP) is 2.84. The standard InChI is InChI=1S/C20H20BrN5O2/c21-15-5-7-16(8-6-15)23-12-20(28)25-24-11-14-13-26(10-9-19(22)27)18-4-2-1-3-17(14)18/h1-8,11,13,23H,9-10,12H2,(H2,22,27)(H,25,28). The molecule has 7 nitrogen and oxygen atoms in total. The van der Waals surface area contributed by atoms with E-state index in [0.717, 1.165) is 26.6 Å². The summed E-state index contributed by atoms with van der Waals surface area (Å²) in [6.45, 7) is 0.604. The number of rotatable bonds is 8. The number of amides is 2. The van der Waals surface area contributed by atoms with Gasteiger partial charge in [-0.3, -0.25) is 9.59 Å². The van der Waals surface area contributed by atoms with Gasteiger partial charge in [0, 0.05) is 45.8 Å². The third-order valence-corrected chi connectivity index (χ3v) is 4.64. The van der Waals surface area contributed by atoms with Crippen molar-refractivity contribution in [3.63, 3.8) is 0 Å². The monoisotopic (exact) mass is 441 g/mol. The summed E-state index contributed by atoms with van der Waals surface area (Å²) < 4.78 is 2.93. The van der Waals surface area contributed by atoms with E-state index in [1.807, 2.05) is 59.3 Å². The minimum atomic E-state index is -0.349. The third-order valence-electron chi connectivity index (χ3n) is 4.11. The summed E-state index contributed by atoms with van der Waals surface area (Å²) in [6.07, 6.45) is 3.75. The van der Waals surface area contributed by atoms with E-state index in [1.165, 1.54) is 0 Å². The summed E-state index contributed by atoms with van der Waals surface area (Å²) in [5, 5.41) is 8.06. The van der Waals surface area contributed by atoms with E-state index < -0.39 is 0 Å². The zero-order valence-electron chi connectivity index (χ0n) is 15.1. The molecule has 0 saturated carbocycles. The van der Waals surface area contributed by atoms with Crippen molar-refractivity contribution in [2.75, 3.05) is 11.9 Å². The smallest absolute Gasteiger partial charge is 0.259 e. The molecule has 4 N–H and O–H groups in total. The van der Waals surface area contributed by atoms with Crippen molar-refractivity contribution in [2.24, 2.45) is 10.8 Å². The summed E-state index contributed by atoms with van der Waals surface area (Å²) >= 11 is 3.37. The second kappa shape index (κ2) is 9.18. The Bertz CT molecular complexity index is 1010. The molecule has 0 atom stereocenters. The summed E-state index contributed by atoms with van der Waals surface area (Å²) in [6, 6.07) is 15.3. The quantitative estimate of drug-likeness (QED) is 0.369. The number of hydrogen-bond donors (Lipinski definition) is 3. The second-order valence-corrected chi connectivity index (χ2v) is 7.08. The number of aromatic nitrogens is 1. The number of nitrogens with one attached hydrogen (secondary N) is 2. The van der Waals surface area contributed by atoms with E-state index in [4.69, 9.17) is 5.73 Å². The van der Waals surface area contributed by atoms with Crippen LogP contribution in [0.1, 0.15) is 12.0 Å². The number of anilines is 1. The number of primary amides is 1. The van der Waals surface area contributed by atoms with E-state index in [2.05, 4.69) is 31.8 Å². The van der Waals surface area contributed by atoms with E-state index in [0.29, 0.717) is 6.54 Å². The predicted molar refractivity (Wildman–Crippen MR) is 114 cm³/mol. The Hall–Kier alpha value is -3.13. The van der Waals surface area contributed by atoms with Crippen LogP contribution < -0.4 is 16.5 Å². The average Bonchev–Trinajstić information content (AvgIpc) is 3.04. The van der Waals surface area contributed by atoms with E-state index in [1.54, 1.807) is 6.21 Å². The first-order chi connectivity index (χ1) is 13.5. The van der Waals surface area contributed by atoms with Crippen molar-refractivity contribution in [2.45, 2.75) is 13.0 Å². The summed E-state index contributed by atoms with van der Waals surface area (Å²) in [5.41, 5.74) is 10.4. The van der Waals surface area contributed by atoms with Crippen LogP contribution in [0.3, 0.4) is 0 Å². The number of nitrogens with zero attached hydrogens (tertiary/aromatic N) is 2. The van der Waals surface area contributed by atoms with Crippen LogP contribution >= 0.6 is 15.9 Å². The molecule has 3 aromatic rings. The van der Waals surface area contributed by atoms with E-state index in [-0.39, 0.29) is 24.8 Å². The first-order valence-electron chi connectivity index (χ1n) is 8.70. The van der Waals surface area contributed by atoms with Crippen molar-refractivity contribution in [1.82, 2.24) is 9.99 Å². The number of carbonyl (C=O) groups excluding carboxylic acids is 2. The van der Waals surface area contributed by atoms with E-state index in [9.17, 15) is 9.59 Å². The van der Waals surface area contributed by atoms with Gasteiger partial charge in [-0.2, -0.15) is 5.10 Å². The van der Waals surface area contributed by atoms with Gasteiger partial charge in [0.15, 0.2) is 0 Å². The van der Waals surface area contributed by atoms with Gasteiger partial charge in [-0.15, -0.1) is 0 Å². The molecule has 1 heterocycles. The molecule has 1 aromatic heterocycles. The van der Waals surface area contributed by atoms with Gasteiger partial charge in [-0.05, 0) is 30.3 Å². The molecule has 2 aromatic carbocycles. The van der Waals surface area contributed by atoms with Gasteiger partial charge < -0.3 is 15.6 Å². The fraction of sp³-hybridized carbons (Fsp3) is 0.150. The molecule has 0 aliphatic heterocycles. The number of halogens is 1. The molecule has 0 unspecified atom stereocenters. The first kappa shape index (κ1) is 19.6. The molecule has 0 spiro atoms. The Kier molecular flexibility index (Phi) is 6.44. The Morgan fingerprint density at radius 3 is 2.64 bits per heavy atom. The minimum Gasteiger partial charge on any atom is -0.376 e. The molecular formula is C20H20BrN5O2. The molecular weight excluding hydrogens is 422 g/mol. The number of benzene rings is 2. The number of hydrazone groups is 1. The fourth-order valence-electron chi connectivity index (χ4n) is 2.76. The minimum absolute atomic E-state index is 0.110. The highest BCUT2D eigenvalue weighted by molar-refractivity contribution is 9.10. The third kappa shape index (κ3) is 5.20. The Labute approximate surface area is 170 Å². The highest BCUT2D eigenvalue weighted by Gasteiger charge is 2.07. The molecule has 2 amide bonds. The van der Waals surface area contributed by atoms with Crippen molar-refractivity contribution >= 4 is 50.5 Å². The Balaban J connectivity index is 1.61. The SMILES string of the molecule is NC(=O)CCn1cc(C=NNC(=O)CNc2ccc(Br)cc2)c2ccccc21. The van der Waals surface area contributed by atoms with Crippen molar-refractivity contribution in [3.05, 3.63) is 64.8 Å². The van der Waals surface area contributed by atoms with Gasteiger partial charge in [0.1, 0.15) is 0 Å². The van der Waals surface area contributed by atoms with Gasteiger partial charge in [0.05, 0.1) is 12.8 Å². The van der Waals surface area contributed by atoms with Gasteiger partial charge in [0.25, 0.3) is 5.91 Å². The summed E-state index contributed by atoms with van der Waals surface area (Å²) in [4.78, 5) is 23.0. The molecule has 0 aliphatic carbocycles. The van der Waals surface area contributed by atoms with Crippen molar-refractivity contribution in [3.8, 4) is 0 Å². The lowest BCUT2D eigenvalue weighted by Gasteiger charge is -2.04. The molecule has 0 aliphatic rings. The number of fused-ring (bicyclic) bond motifs is 1. The van der Waals surface area contributed by atoms with Crippen LogP contribution in [-0.2, 0) is 16.1 Å². The topological polar surface area (TPSA) is 102 Å². The van der Waals surface area contributed by atoms with Crippen molar-refractivity contribution in [1.29, 1.82) is 0 Å². The highest BCUT2D eigenvalue weighted by Crippen LogP contribution is 2.20. The van der Waals surface area contributed by atoms with Crippen LogP contribution in [0.4, 0.5) is 5.69 Å². The molecule has 144 valence electrons. The van der Waals surface area contributed by atoms with Crippen LogP contribution in [0.25, 0.3) is 10.9 Å². The maximum absolute atomic E-state index is 12.0. The number of aryl methyl sites for hydroxylation is 1. The highest BCUT2D eigenvalue weighted by atomic mass is 79.9. The molecule has 28 heavy (non-hydrogen) atoms. The lowest BCUT2D eigenvalue weighted by atomic mass is 10.2. The maximum Gasteiger partial charge on any atom is 0.259 e. The number of para-hydroxylation sites is 1. The van der Waals surface area contributed by atoms with Crippen LogP contribution in [-0.4, -0.2) is 29.1 Å². The molecule has 3 rings (SSSR count). The Morgan fingerprint density at radius 2 is 1.89 bits per heavy atom. The van der Waals surface area contributed by atoms with Crippen LogP contribution in [0, 0.1) is 0 Å². The van der Waals surface area contributed by atoms with Crippen LogP contribution in [0.5, 0.6) is 0 Å². The molecule has 0 saturated heterocycles. The number of nitrogens with two attached hydrogens (primary N) is 1. The lowest BCUT2D eigenvalue weighted by molar-refractivity contribution is -0.119. The van der Waals surface area contributed by atoms with Gasteiger partial charge in [-0.25, -0.2) is 5.43 Å². The number of carbonyl (C=O) groups is 2. The normalized spacial score (nSPS) is 11.0. The number of hydrogen-bond acceptors (Lipinski definition) is 4. The van der Waals surface area contributed by atoms with Crippen molar-refractivity contribution < 1.29 is 9.59 Å². The van der Waals surface area contributed by atoms with E-state index >= 15 is 0 Å². The summed E-state index contributed by atoms with van der Waals surface area (Å²) in [7, 11) is 0. The lowest BCUT2D eigenvalue weighted by Crippen LogP contribution is -2.25. The van der Waals surface area contributed by atoms with Gasteiger partial charge in [0.2, 0.25) is 5.91 Å². The zero-order chi connectivity index (χ0) is 19.9. The zero-order valence-corrected chi connectivity index (χ0v) is 16.6. The van der Waals surface area contributed by atoms with Crippen LogP contribution in [0.15, 0.2) is 64.3 Å². The van der Waals surface area contributed by atoms with Gasteiger partial charge in [-0.1, -0.05) is 34.1 Å².